The number of guanidine groups is 1. The van der Waals surface area contributed by atoms with E-state index in [4.69, 9.17) is 0 Å². The van der Waals surface area contributed by atoms with E-state index in [9.17, 15) is 4.79 Å². The van der Waals surface area contributed by atoms with Gasteiger partial charge in [0.05, 0.1) is 0 Å². The van der Waals surface area contributed by atoms with Crippen molar-refractivity contribution < 1.29 is 4.79 Å². The molecule has 27 heavy (non-hydrogen) atoms. The van der Waals surface area contributed by atoms with Crippen molar-refractivity contribution in [3.63, 3.8) is 0 Å². The normalized spacial score (nSPS) is 16.2. The van der Waals surface area contributed by atoms with Crippen molar-refractivity contribution >= 4 is 11.9 Å². The molecule has 1 aliphatic rings. The molecule has 0 atom stereocenters. The van der Waals surface area contributed by atoms with Crippen LogP contribution in [-0.2, 0) is 6.54 Å². The fourth-order valence-electron chi connectivity index (χ4n) is 3.22. The van der Waals surface area contributed by atoms with Crippen LogP contribution < -0.4 is 10.6 Å². The summed E-state index contributed by atoms with van der Waals surface area (Å²) in [6.07, 6.45) is 3.78. The summed E-state index contributed by atoms with van der Waals surface area (Å²) in [6, 6.07) is 7.70. The molecule has 0 spiro atoms. The predicted octanol–water partition coefficient (Wildman–Crippen LogP) is 2.18. The number of aliphatic imine (C=N–C) groups is 1. The lowest BCUT2D eigenvalue weighted by atomic mass is 9.99. The van der Waals surface area contributed by atoms with Crippen molar-refractivity contribution in [1.82, 2.24) is 20.4 Å². The third-order valence-electron chi connectivity index (χ3n) is 5.11. The van der Waals surface area contributed by atoms with E-state index in [2.05, 4.69) is 27.4 Å². The van der Waals surface area contributed by atoms with Gasteiger partial charge in [0.15, 0.2) is 5.96 Å². The zero-order valence-corrected chi connectivity index (χ0v) is 17.3. The maximum absolute atomic E-state index is 11.9. The maximum atomic E-state index is 11.9. The van der Waals surface area contributed by atoms with Gasteiger partial charge in [-0.1, -0.05) is 19.1 Å². The van der Waals surface area contributed by atoms with Gasteiger partial charge in [0.25, 0.3) is 5.91 Å². The van der Waals surface area contributed by atoms with E-state index in [0.29, 0.717) is 12.1 Å². The molecule has 1 aromatic carbocycles. The maximum Gasteiger partial charge on any atom is 0.253 e. The molecule has 1 fully saturated rings. The first-order valence-corrected chi connectivity index (χ1v) is 9.97. The van der Waals surface area contributed by atoms with E-state index >= 15 is 0 Å². The summed E-state index contributed by atoms with van der Waals surface area (Å²) >= 11 is 0. The standard InChI is InChI=1S/C21H35N5O/c1-17-10-14-26(15-11-17)13-5-12-23-21(22-2)24-16-18-6-8-19(9-7-18)20(27)25(3)4/h6-9,17H,5,10-16H2,1-4H3,(H2,22,23,24). The smallest absolute Gasteiger partial charge is 0.253 e. The van der Waals surface area contributed by atoms with Gasteiger partial charge in [-0.05, 0) is 62.5 Å². The molecule has 2 rings (SSSR count). The average Bonchev–Trinajstić information content (AvgIpc) is 2.68. The van der Waals surface area contributed by atoms with Gasteiger partial charge in [0.2, 0.25) is 0 Å². The molecule has 6 nitrogen and oxygen atoms in total. The highest BCUT2D eigenvalue weighted by atomic mass is 16.2. The lowest BCUT2D eigenvalue weighted by molar-refractivity contribution is 0.0827. The summed E-state index contributed by atoms with van der Waals surface area (Å²) in [5.41, 5.74) is 1.83. The van der Waals surface area contributed by atoms with E-state index < -0.39 is 0 Å². The zero-order valence-electron chi connectivity index (χ0n) is 17.3. The van der Waals surface area contributed by atoms with Gasteiger partial charge in [-0.15, -0.1) is 0 Å². The molecule has 1 heterocycles. The van der Waals surface area contributed by atoms with Crippen molar-refractivity contribution in [2.75, 3.05) is 47.3 Å². The molecule has 1 amide bonds. The molecule has 0 unspecified atom stereocenters. The molecule has 6 heteroatoms. The Labute approximate surface area is 164 Å². The molecule has 0 aromatic heterocycles. The SMILES string of the molecule is CN=C(NCCCN1CCC(C)CC1)NCc1ccc(C(=O)N(C)C)cc1. The van der Waals surface area contributed by atoms with Gasteiger partial charge in [-0.3, -0.25) is 9.79 Å². The Morgan fingerprint density at radius 3 is 2.44 bits per heavy atom. The lowest BCUT2D eigenvalue weighted by Crippen LogP contribution is -2.39. The molecule has 0 saturated carbocycles. The van der Waals surface area contributed by atoms with Gasteiger partial charge < -0.3 is 20.4 Å². The number of hydrogen-bond acceptors (Lipinski definition) is 3. The summed E-state index contributed by atoms with van der Waals surface area (Å²) < 4.78 is 0. The van der Waals surface area contributed by atoms with Crippen LogP contribution in [0.15, 0.2) is 29.3 Å². The lowest BCUT2D eigenvalue weighted by Gasteiger charge is -2.30. The molecule has 1 saturated heterocycles. The van der Waals surface area contributed by atoms with Gasteiger partial charge in [0.1, 0.15) is 0 Å². The second kappa shape index (κ2) is 10.9. The topological polar surface area (TPSA) is 60.0 Å². The Morgan fingerprint density at radius 2 is 1.85 bits per heavy atom. The van der Waals surface area contributed by atoms with Crippen LogP contribution in [0.3, 0.4) is 0 Å². The summed E-state index contributed by atoms with van der Waals surface area (Å²) in [6.45, 7) is 7.57. The minimum absolute atomic E-state index is 0.0233. The number of hydrogen-bond donors (Lipinski definition) is 2. The summed E-state index contributed by atoms with van der Waals surface area (Å²) in [5, 5.41) is 6.72. The predicted molar refractivity (Wildman–Crippen MR) is 112 cm³/mol. The molecular weight excluding hydrogens is 338 g/mol. The fraction of sp³-hybridized carbons (Fsp3) is 0.619. The number of nitrogens with one attached hydrogen (secondary N) is 2. The third kappa shape index (κ3) is 7.21. The summed E-state index contributed by atoms with van der Waals surface area (Å²) in [4.78, 5) is 20.4. The minimum atomic E-state index is 0.0233. The Kier molecular flexibility index (Phi) is 8.58. The molecule has 2 N–H and O–H groups in total. The second-order valence-corrected chi connectivity index (χ2v) is 7.63. The van der Waals surface area contributed by atoms with E-state index in [1.807, 2.05) is 24.3 Å². The first-order valence-electron chi connectivity index (χ1n) is 9.97. The first kappa shape index (κ1) is 21.2. The highest BCUT2D eigenvalue weighted by Crippen LogP contribution is 2.15. The van der Waals surface area contributed by atoms with Gasteiger partial charge in [-0.2, -0.15) is 0 Å². The number of nitrogens with zero attached hydrogens (tertiary/aromatic N) is 3. The molecule has 0 bridgehead atoms. The van der Waals surface area contributed by atoms with Crippen molar-refractivity contribution in [2.24, 2.45) is 10.9 Å². The van der Waals surface area contributed by atoms with Gasteiger partial charge in [-0.25, -0.2) is 0 Å². The first-order chi connectivity index (χ1) is 13.0. The number of carbonyl (C=O) groups excluding carboxylic acids is 1. The summed E-state index contributed by atoms with van der Waals surface area (Å²) in [7, 11) is 5.32. The number of amides is 1. The Balaban J connectivity index is 1.67. The Hall–Kier alpha value is -2.08. The average molecular weight is 374 g/mol. The van der Waals surface area contributed by atoms with Crippen LogP contribution >= 0.6 is 0 Å². The molecule has 0 radical (unpaired) electrons. The van der Waals surface area contributed by atoms with Gasteiger partial charge >= 0.3 is 0 Å². The van der Waals surface area contributed by atoms with Crippen LogP contribution in [0.2, 0.25) is 0 Å². The van der Waals surface area contributed by atoms with Crippen molar-refractivity contribution in [2.45, 2.75) is 32.7 Å². The van der Waals surface area contributed by atoms with Crippen LogP contribution in [0.25, 0.3) is 0 Å². The van der Waals surface area contributed by atoms with Crippen LogP contribution in [-0.4, -0.2) is 69.0 Å². The minimum Gasteiger partial charge on any atom is -0.356 e. The number of benzene rings is 1. The zero-order chi connectivity index (χ0) is 19.6. The number of carbonyl (C=O) groups is 1. The largest absolute Gasteiger partial charge is 0.356 e. The Morgan fingerprint density at radius 1 is 1.19 bits per heavy atom. The van der Waals surface area contributed by atoms with Crippen molar-refractivity contribution in [3.8, 4) is 0 Å². The molecule has 150 valence electrons. The van der Waals surface area contributed by atoms with Crippen molar-refractivity contribution in [3.05, 3.63) is 35.4 Å². The molecule has 0 aliphatic carbocycles. The van der Waals surface area contributed by atoms with Gasteiger partial charge in [0, 0.05) is 39.8 Å². The molecule has 1 aliphatic heterocycles. The van der Waals surface area contributed by atoms with Crippen LogP contribution in [0, 0.1) is 5.92 Å². The summed E-state index contributed by atoms with van der Waals surface area (Å²) in [5.74, 6) is 1.73. The Bertz CT molecular complexity index is 604. The second-order valence-electron chi connectivity index (χ2n) is 7.63. The molecule has 1 aromatic rings. The van der Waals surface area contributed by atoms with Crippen molar-refractivity contribution in [1.29, 1.82) is 0 Å². The van der Waals surface area contributed by atoms with Crippen LogP contribution in [0.4, 0.5) is 0 Å². The molecular formula is C21H35N5O. The highest BCUT2D eigenvalue weighted by Gasteiger charge is 2.14. The number of piperidine rings is 1. The van der Waals surface area contributed by atoms with Crippen LogP contribution in [0.5, 0.6) is 0 Å². The number of likely N-dealkylation sites (tertiary alicyclic amines) is 1. The highest BCUT2D eigenvalue weighted by molar-refractivity contribution is 5.93. The monoisotopic (exact) mass is 373 g/mol. The van der Waals surface area contributed by atoms with E-state index in [1.54, 1.807) is 26.0 Å². The van der Waals surface area contributed by atoms with E-state index in [0.717, 1.165) is 37.0 Å². The van der Waals surface area contributed by atoms with E-state index in [-0.39, 0.29) is 5.91 Å². The van der Waals surface area contributed by atoms with E-state index in [1.165, 1.54) is 25.9 Å². The third-order valence-corrected chi connectivity index (χ3v) is 5.11. The number of rotatable bonds is 7. The quantitative estimate of drug-likeness (QED) is 0.437. The fourth-order valence-corrected chi connectivity index (χ4v) is 3.22. The van der Waals surface area contributed by atoms with Crippen LogP contribution in [0.1, 0.15) is 42.1 Å².